The van der Waals surface area contributed by atoms with Crippen molar-refractivity contribution in [1.29, 1.82) is 0 Å². The first-order chi connectivity index (χ1) is 18.9. The van der Waals surface area contributed by atoms with Crippen LogP contribution in [0.1, 0.15) is 73.4 Å². The highest BCUT2D eigenvalue weighted by Crippen LogP contribution is 2.50. The number of pyridine rings is 1. The molecule has 1 aromatic carbocycles. The molecule has 1 aromatic heterocycles. The molecular formula is C30H40FN3O5. The van der Waals surface area contributed by atoms with Crippen LogP contribution in [-0.2, 0) is 32.7 Å². The van der Waals surface area contributed by atoms with Gasteiger partial charge in [0.25, 0.3) is 0 Å². The number of hydrogen-bond acceptors (Lipinski definition) is 7. The SMILES string of the molecule is COc1c(F)cc(C2(OC)CC2)cc1C(C(=O)O)N1CC[C@@H](OCCCCCc2ccc3c(n2)NCCC3)C1. The number of methoxy groups -OCH3 is 2. The van der Waals surface area contributed by atoms with E-state index in [1.165, 1.54) is 25.2 Å². The summed E-state index contributed by atoms with van der Waals surface area (Å²) in [7, 11) is 2.98. The second-order valence-corrected chi connectivity index (χ2v) is 10.9. The van der Waals surface area contributed by atoms with Gasteiger partial charge in [-0.2, -0.15) is 0 Å². The number of nitrogens with zero attached hydrogens (tertiary/aromatic N) is 2. The largest absolute Gasteiger partial charge is 0.493 e. The zero-order valence-electron chi connectivity index (χ0n) is 23.0. The number of carboxylic acid groups (broad SMARTS) is 1. The minimum atomic E-state index is -1.03. The number of fused-ring (bicyclic) bond motifs is 1. The van der Waals surface area contributed by atoms with E-state index in [9.17, 15) is 9.90 Å². The third-order valence-corrected chi connectivity index (χ3v) is 8.35. The average Bonchev–Trinajstić information content (AvgIpc) is 3.62. The molecule has 39 heavy (non-hydrogen) atoms. The maximum Gasteiger partial charge on any atom is 0.325 e. The van der Waals surface area contributed by atoms with Gasteiger partial charge in [-0.25, -0.2) is 9.37 Å². The summed E-state index contributed by atoms with van der Waals surface area (Å²) in [5.41, 5.74) is 2.90. The molecule has 2 aliphatic heterocycles. The van der Waals surface area contributed by atoms with Crippen LogP contribution in [0.2, 0.25) is 0 Å². The molecule has 1 aliphatic carbocycles. The fourth-order valence-corrected chi connectivity index (χ4v) is 5.97. The molecule has 0 spiro atoms. The Balaban J connectivity index is 1.12. The van der Waals surface area contributed by atoms with Gasteiger partial charge in [0.05, 0.1) is 18.8 Å². The zero-order valence-corrected chi connectivity index (χ0v) is 23.0. The summed E-state index contributed by atoms with van der Waals surface area (Å²) in [6.07, 6.45) is 8.53. The Morgan fingerprint density at radius 1 is 1.26 bits per heavy atom. The van der Waals surface area contributed by atoms with Crippen LogP contribution in [-0.4, -0.2) is 67.5 Å². The lowest BCUT2D eigenvalue weighted by Gasteiger charge is -2.27. The van der Waals surface area contributed by atoms with Crippen molar-refractivity contribution in [3.8, 4) is 5.75 Å². The van der Waals surface area contributed by atoms with Crippen molar-refractivity contribution in [2.45, 2.75) is 75.5 Å². The number of aryl methyl sites for hydroxylation is 2. The van der Waals surface area contributed by atoms with E-state index >= 15 is 4.39 Å². The molecule has 0 bridgehead atoms. The fraction of sp³-hybridized carbons (Fsp3) is 0.600. The first kappa shape index (κ1) is 27.8. The first-order valence-electron chi connectivity index (χ1n) is 14.2. The molecule has 0 radical (unpaired) electrons. The van der Waals surface area contributed by atoms with E-state index in [4.69, 9.17) is 19.2 Å². The van der Waals surface area contributed by atoms with E-state index in [-0.39, 0.29) is 11.9 Å². The Morgan fingerprint density at radius 3 is 2.85 bits per heavy atom. The van der Waals surface area contributed by atoms with Crippen LogP contribution in [0, 0.1) is 5.82 Å². The Morgan fingerprint density at radius 2 is 2.10 bits per heavy atom. The van der Waals surface area contributed by atoms with Crippen LogP contribution in [0.15, 0.2) is 24.3 Å². The lowest BCUT2D eigenvalue weighted by molar-refractivity contribution is -0.143. The predicted molar refractivity (Wildman–Crippen MR) is 146 cm³/mol. The van der Waals surface area contributed by atoms with Crippen LogP contribution in [0.5, 0.6) is 5.75 Å². The second kappa shape index (κ2) is 12.2. The molecule has 3 heterocycles. The minimum absolute atomic E-state index is 0.0216. The summed E-state index contributed by atoms with van der Waals surface area (Å²) in [4.78, 5) is 19.1. The molecule has 2 aromatic rings. The molecule has 2 fully saturated rings. The number of unbranched alkanes of at least 4 members (excludes halogenated alkanes) is 2. The molecule has 8 nitrogen and oxygen atoms in total. The van der Waals surface area contributed by atoms with Gasteiger partial charge in [-0.3, -0.25) is 9.69 Å². The number of anilines is 1. The Kier molecular flexibility index (Phi) is 8.69. The standard InChI is InChI=1S/C30H40FN3O5/c1-37-27-24(17-21(18-25(27)31)30(38-2)12-13-30)26(29(35)36)34-15-11-23(19-34)39-16-5-3-4-8-22-10-9-20-7-6-14-32-28(20)33-22/h9-10,17-18,23,26H,3-8,11-16,19H2,1-2H3,(H,32,33)(H,35,36)/t23-,26?/m1/s1. The summed E-state index contributed by atoms with van der Waals surface area (Å²) < 4.78 is 32.1. The number of halogens is 1. The van der Waals surface area contributed by atoms with E-state index in [1.54, 1.807) is 13.2 Å². The van der Waals surface area contributed by atoms with Gasteiger partial charge in [-0.1, -0.05) is 12.5 Å². The molecule has 1 unspecified atom stereocenters. The molecule has 3 aliphatic rings. The third kappa shape index (κ3) is 6.21. The van der Waals surface area contributed by atoms with Crippen LogP contribution >= 0.6 is 0 Å². The quantitative estimate of drug-likeness (QED) is 0.348. The van der Waals surface area contributed by atoms with E-state index in [1.807, 2.05) is 4.90 Å². The predicted octanol–water partition coefficient (Wildman–Crippen LogP) is 4.85. The van der Waals surface area contributed by atoms with Crippen LogP contribution in [0.4, 0.5) is 10.2 Å². The maximum absolute atomic E-state index is 15.0. The normalized spacial score (nSPS) is 20.7. The number of aliphatic carboxylic acids is 1. The zero-order chi connectivity index (χ0) is 27.4. The van der Waals surface area contributed by atoms with E-state index in [0.29, 0.717) is 30.8 Å². The van der Waals surface area contributed by atoms with Crippen molar-refractivity contribution in [2.24, 2.45) is 0 Å². The second-order valence-electron chi connectivity index (χ2n) is 10.9. The number of carbonyl (C=O) groups is 1. The van der Waals surface area contributed by atoms with Gasteiger partial charge in [-0.05, 0) is 80.7 Å². The lowest BCUT2D eigenvalue weighted by Crippen LogP contribution is -2.34. The number of carboxylic acids is 1. The molecule has 2 atom stereocenters. The van der Waals surface area contributed by atoms with E-state index in [0.717, 1.165) is 69.4 Å². The van der Waals surface area contributed by atoms with Gasteiger partial charge in [0.2, 0.25) is 0 Å². The Hall–Kier alpha value is -2.75. The molecule has 2 N–H and O–H groups in total. The highest BCUT2D eigenvalue weighted by atomic mass is 19.1. The number of aromatic nitrogens is 1. The molecule has 5 rings (SSSR count). The topological polar surface area (TPSA) is 93.2 Å². The van der Waals surface area contributed by atoms with Crippen LogP contribution in [0.3, 0.4) is 0 Å². The number of hydrogen-bond donors (Lipinski definition) is 2. The average molecular weight is 542 g/mol. The number of nitrogens with one attached hydrogen (secondary N) is 1. The highest BCUT2D eigenvalue weighted by Gasteiger charge is 2.46. The molecular weight excluding hydrogens is 501 g/mol. The maximum atomic E-state index is 15.0. The van der Waals surface area contributed by atoms with Gasteiger partial charge in [0.1, 0.15) is 11.9 Å². The van der Waals surface area contributed by atoms with Gasteiger partial charge in [0.15, 0.2) is 11.6 Å². The van der Waals surface area contributed by atoms with E-state index in [2.05, 4.69) is 17.4 Å². The van der Waals surface area contributed by atoms with Crippen molar-refractivity contribution >= 4 is 11.8 Å². The smallest absolute Gasteiger partial charge is 0.325 e. The number of rotatable bonds is 13. The molecule has 1 saturated heterocycles. The van der Waals surface area contributed by atoms with Crippen molar-refractivity contribution in [2.75, 3.05) is 45.8 Å². The lowest BCUT2D eigenvalue weighted by atomic mass is 9.97. The summed E-state index contributed by atoms with van der Waals surface area (Å²) >= 11 is 0. The number of benzene rings is 1. The van der Waals surface area contributed by atoms with Crippen molar-refractivity contribution in [3.05, 3.63) is 52.5 Å². The monoisotopic (exact) mass is 541 g/mol. The Bertz CT molecular complexity index is 1170. The number of likely N-dealkylation sites (tertiary alicyclic amines) is 1. The minimum Gasteiger partial charge on any atom is -0.493 e. The third-order valence-electron chi connectivity index (χ3n) is 8.35. The summed E-state index contributed by atoms with van der Waals surface area (Å²) in [6, 6.07) is 6.48. The summed E-state index contributed by atoms with van der Waals surface area (Å²) in [5.74, 6) is -0.566. The van der Waals surface area contributed by atoms with Crippen LogP contribution in [0.25, 0.3) is 0 Å². The molecule has 212 valence electrons. The summed E-state index contributed by atoms with van der Waals surface area (Å²) in [6.45, 7) is 2.68. The summed E-state index contributed by atoms with van der Waals surface area (Å²) in [5, 5.41) is 13.6. The first-order valence-corrected chi connectivity index (χ1v) is 14.2. The highest BCUT2D eigenvalue weighted by molar-refractivity contribution is 5.77. The van der Waals surface area contributed by atoms with Crippen molar-refractivity contribution in [3.63, 3.8) is 0 Å². The van der Waals surface area contributed by atoms with Gasteiger partial charge < -0.3 is 24.6 Å². The van der Waals surface area contributed by atoms with Gasteiger partial charge in [0, 0.05) is 44.6 Å². The van der Waals surface area contributed by atoms with Crippen molar-refractivity contribution < 1.29 is 28.5 Å². The van der Waals surface area contributed by atoms with Crippen LogP contribution < -0.4 is 10.1 Å². The molecule has 9 heteroatoms. The van der Waals surface area contributed by atoms with E-state index < -0.39 is 23.4 Å². The molecule has 1 saturated carbocycles. The molecule has 0 amide bonds. The van der Waals surface area contributed by atoms with Crippen molar-refractivity contribution in [1.82, 2.24) is 9.88 Å². The number of ether oxygens (including phenoxy) is 3. The van der Waals surface area contributed by atoms with Gasteiger partial charge in [-0.15, -0.1) is 0 Å². The fourth-order valence-electron chi connectivity index (χ4n) is 5.97. The van der Waals surface area contributed by atoms with Gasteiger partial charge >= 0.3 is 5.97 Å². The Labute approximate surface area is 229 Å².